The molecule has 0 spiro atoms. The second-order valence-electron chi connectivity index (χ2n) is 4.27. The fourth-order valence-corrected chi connectivity index (χ4v) is 3.20. The van der Waals surface area contributed by atoms with E-state index >= 15 is 0 Å². The van der Waals surface area contributed by atoms with Gasteiger partial charge in [-0.2, -0.15) is 0 Å². The first-order chi connectivity index (χ1) is 9.72. The van der Waals surface area contributed by atoms with Gasteiger partial charge < -0.3 is 15.2 Å². The van der Waals surface area contributed by atoms with Gasteiger partial charge in [0.15, 0.2) is 11.5 Å². The van der Waals surface area contributed by atoms with Crippen LogP contribution in [0.1, 0.15) is 17.4 Å². The Balaban J connectivity index is 2.09. The zero-order valence-electron chi connectivity index (χ0n) is 11.4. The minimum atomic E-state index is 0.548. The van der Waals surface area contributed by atoms with Crippen LogP contribution in [0.2, 0.25) is 0 Å². The van der Waals surface area contributed by atoms with Gasteiger partial charge in [0.1, 0.15) is 6.61 Å². The second-order valence-corrected chi connectivity index (χ2v) is 6.18. The van der Waals surface area contributed by atoms with Crippen LogP contribution in [-0.4, -0.2) is 13.2 Å². The number of benzene rings is 1. The van der Waals surface area contributed by atoms with Gasteiger partial charge in [0.25, 0.3) is 0 Å². The summed E-state index contributed by atoms with van der Waals surface area (Å²) in [5.41, 5.74) is 6.75. The van der Waals surface area contributed by atoms with E-state index in [2.05, 4.69) is 22.0 Å². The highest BCUT2D eigenvalue weighted by Gasteiger charge is 2.07. The van der Waals surface area contributed by atoms with E-state index in [-0.39, 0.29) is 0 Å². The van der Waals surface area contributed by atoms with E-state index in [0.29, 0.717) is 19.8 Å². The molecular formula is C15H18BrNO2S. The number of nitrogens with two attached hydrogens (primary N) is 1. The summed E-state index contributed by atoms with van der Waals surface area (Å²) in [6, 6.07) is 8.07. The summed E-state index contributed by atoms with van der Waals surface area (Å²) in [7, 11) is 0. The van der Waals surface area contributed by atoms with Gasteiger partial charge in [-0.05, 0) is 59.6 Å². The topological polar surface area (TPSA) is 44.5 Å². The maximum absolute atomic E-state index is 5.86. The smallest absolute Gasteiger partial charge is 0.161 e. The van der Waals surface area contributed by atoms with Gasteiger partial charge in [-0.3, -0.25) is 0 Å². The largest absolute Gasteiger partial charge is 0.490 e. The van der Waals surface area contributed by atoms with Gasteiger partial charge in [-0.15, -0.1) is 11.3 Å². The number of rotatable bonds is 7. The van der Waals surface area contributed by atoms with Crippen LogP contribution in [-0.2, 0) is 13.0 Å². The molecule has 0 aliphatic heterocycles. The summed E-state index contributed by atoms with van der Waals surface area (Å²) in [5.74, 6) is 1.56. The third-order valence-corrected chi connectivity index (χ3v) is 4.40. The zero-order valence-corrected chi connectivity index (χ0v) is 13.8. The lowest BCUT2D eigenvalue weighted by Crippen LogP contribution is -2.04. The molecule has 0 aliphatic carbocycles. The van der Waals surface area contributed by atoms with Crippen LogP contribution in [0.3, 0.4) is 0 Å². The van der Waals surface area contributed by atoms with E-state index in [1.807, 2.05) is 30.5 Å². The Morgan fingerprint density at radius 1 is 1.20 bits per heavy atom. The molecule has 20 heavy (non-hydrogen) atoms. The van der Waals surface area contributed by atoms with Crippen molar-refractivity contribution in [2.45, 2.75) is 20.0 Å². The molecule has 1 aromatic carbocycles. The molecule has 0 saturated carbocycles. The van der Waals surface area contributed by atoms with Gasteiger partial charge in [-0.25, -0.2) is 0 Å². The highest BCUT2D eigenvalue weighted by atomic mass is 79.9. The van der Waals surface area contributed by atoms with Crippen molar-refractivity contribution < 1.29 is 9.47 Å². The predicted molar refractivity (Wildman–Crippen MR) is 86.7 cm³/mol. The van der Waals surface area contributed by atoms with E-state index in [1.54, 1.807) is 11.3 Å². The number of hydrogen-bond acceptors (Lipinski definition) is 4. The number of halogens is 1. The van der Waals surface area contributed by atoms with Crippen LogP contribution in [0.15, 0.2) is 34.1 Å². The summed E-state index contributed by atoms with van der Waals surface area (Å²) in [6.45, 7) is 3.77. The zero-order chi connectivity index (χ0) is 14.4. The molecule has 2 N–H and O–H groups in total. The molecule has 0 radical (unpaired) electrons. The maximum Gasteiger partial charge on any atom is 0.161 e. The number of ether oxygens (including phenoxy) is 2. The maximum atomic E-state index is 5.86. The summed E-state index contributed by atoms with van der Waals surface area (Å²) in [5, 5.41) is 2.05. The van der Waals surface area contributed by atoms with Crippen molar-refractivity contribution in [3.8, 4) is 11.5 Å². The molecule has 0 saturated heterocycles. The Kier molecular flexibility index (Phi) is 5.88. The van der Waals surface area contributed by atoms with Crippen LogP contribution in [0.5, 0.6) is 11.5 Å². The first-order valence-corrected chi connectivity index (χ1v) is 8.21. The monoisotopic (exact) mass is 355 g/mol. The number of hydrogen-bond donors (Lipinski definition) is 1. The summed E-state index contributed by atoms with van der Waals surface area (Å²) >= 11 is 5.11. The van der Waals surface area contributed by atoms with Crippen molar-refractivity contribution >= 4 is 27.3 Å². The molecule has 0 bridgehead atoms. The van der Waals surface area contributed by atoms with E-state index in [9.17, 15) is 0 Å². The van der Waals surface area contributed by atoms with Crippen molar-refractivity contribution in [1.82, 2.24) is 0 Å². The third kappa shape index (κ3) is 4.23. The number of thiophene rings is 1. The van der Waals surface area contributed by atoms with Crippen LogP contribution in [0, 0.1) is 0 Å². The lowest BCUT2D eigenvalue weighted by atomic mass is 10.1. The van der Waals surface area contributed by atoms with Crippen molar-refractivity contribution in [3.63, 3.8) is 0 Å². The fourth-order valence-electron chi connectivity index (χ4n) is 1.84. The molecule has 1 heterocycles. The molecule has 108 valence electrons. The molecule has 0 unspecified atom stereocenters. The minimum absolute atomic E-state index is 0.548. The predicted octanol–water partition coefficient (Wildman–Crippen LogP) is 3.99. The first kappa shape index (κ1) is 15.4. The molecule has 2 rings (SSSR count). The van der Waals surface area contributed by atoms with Crippen LogP contribution in [0.4, 0.5) is 0 Å². The SMILES string of the molecule is CCOc1cc(CCN)ccc1OCc1cc(Br)cs1. The van der Waals surface area contributed by atoms with Gasteiger partial charge in [-0.1, -0.05) is 6.07 Å². The molecular weight excluding hydrogens is 338 g/mol. The quantitative estimate of drug-likeness (QED) is 0.816. The van der Waals surface area contributed by atoms with Crippen LogP contribution >= 0.6 is 27.3 Å². The molecule has 0 aliphatic rings. The average molecular weight is 356 g/mol. The summed E-state index contributed by atoms with van der Waals surface area (Å²) < 4.78 is 12.6. The lowest BCUT2D eigenvalue weighted by Gasteiger charge is -2.12. The lowest BCUT2D eigenvalue weighted by molar-refractivity contribution is 0.271. The average Bonchev–Trinajstić information content (AvgIpc) is 2.84. The van der Waals surface area contributed by atoms with Gasteiger partial charge in [0.2, 0.25) is 0 Å². The van der Waals surface area contributed by atoms with E-state index in [1.165, 1.54) is 10.4 Å². The van der Waals surface area contributed by atoms with Crippen molar-refractivity contribution in [2.24, 2.45) is 5.73 Å². The van der Waals surface area contributed by atoms with E-state index in [0.717, 1.165) is 22.4 Å². The first-order valence-electron chi connectivity index (χ1n) is 6.54. The third-order valence-electron chi connectivity index (χ3n) is 2.73. The van der Waals surface area contributed by atoms with Gasteiger partial charge in [0, 0.05) is 14.7 Å². The van der Waals surface area contributed by atoms with E-state index in [4.69, 9.17) is 15.2 Å². The summed E-state index contributed by atoms with van der Waals surface area (Å²) in [6.07, 6.45) is 0.845. The fraction of sp³-hybridized carbons (Fsp3) is 0.333. The van der Waals surface area contributed by atoms with Crippen LogP contribution < -0.4 is 15.2 Å². The second kappa shape index (κ2) is 7.67. The Hall–Kier alpha value is -1.04. The molecule has 0 atom stereocenters. The Morgan fingerprint density at radius 3 is 2.70 bits per heavy atom. The minimum Gasteiger partial charge on any atom is -0.490 e. The van der Waals surface area contributed by atoms with Crippen molar-refractivity contribution in [2.75, 3.05) is 13.2 Å². The van der Waals surface area contributed by atoms with Crippen molar-refractivity contribution in [3.05, 3.63) is 44.6 Å². The Morgan fingerprint density at radius 2 is 2.05 bits per heavy atom. The summed E-state index contributed by atoms with van der Waals surface area (Å²) in [4.78, 5) is 1.17. The molecule has 5 heteroatoms. The van der Waals surface area contributed by atoms with Gasteiger partial charge >= 0.3 is 0 Å². The van der Waals surface area contributed by atoms with E-state index < -0.39 is 0 Å². The van der Waals surface area contributed by atoms with Gasteiger partial charge in [0.05, 0.1) is 6.61 Å². The molecule has 1 aromatic heterocycles. The highest BCUT2D eigenvalue weighted by Crippen LogP contribution is 2.30. The molecule has 3 nitrogen and oxygen atoms in total. The van der Waals surface area contributed by atoms with Crippen LogP contribution in [0.25, 0.3) is 0 Å². The molecule has 0 amide bonds. The molecule has 2 aromatic rings. The normalized spacial score (nSPS) is 10.6. The standard InChI is InChI=1S/C15H18BrNO2S/c1-2-18-15-7-11(5-6-17)3-4-14(15)19-9-13-8-12(16)10-20-13/h3-4,7-8,10H,2,5-6,9,17H2,1H3. The Labute approximate surface area is 131 Å². The highest BCUT2D eigenvalue weighted by molar-refractivity contribution is 9.10. The Bertz CT molecular complexity index is 557. The molecule has 0 fully saturated rings. The van der Waals surface area contributed by atoms with Crippen molar-refractivity contribution in [1.29, 1.82) is 0 Å².